The molecule has 1 atom stereocenters. The zero-order valence-corrected chi connectivity index (χ0v) is 22.6. The summed E-state index contributed by atoms with van der Waals surface area (Å²) in [4.78, 5) is 18.8. The molecule has 2 heterocycles. The number of rotatable bonds is 8. The lowest BCUT2D eigenvalue weighted by Gasteiger charge is -2.19. The van der Waals surface area contributed by atoms with Gasteiger partial charge in [-0.3, -0.25) is 14.1 Å². The zero-order chi connectivity index (χ0) is 26.6. The molecule has 1 fully saturated rings. The highest BCUT2D eigenvalue weighted by atomic mass is 35.5. The summed E-state index contributed by atoms with van der Waals surface area (Å²) in [5.41, 5.74) is 12.2. The average molecular weight is 554 g/mol. The molecule has 1 aliphatic carbocycles. The van der Waals surface area contributed by atoms with Crippen molar-refractivity contribution in [3.63, 3.8) is 0 Å². The van der Waals surface area contributed by atoms with E-state index >= 15 is 0 Å². The standard InChI is InChI=1S/C30H30Cl2FN3O2/c31-22-7-9-25(27(32)16-22)26-4-1-3-19-15-20(30(34)37)5-8-24(19)29(26)21-6-10-28(35-17-21)38-23-11-14-36(18-23)13-2-12-33/h5-10,15-17,23H,1-4,11-14,18H2,(H2,34,37). The summed E-state index contributed by atoms with van der Waals surface area (Å²) in [5, 5.41) is 1.17. The third-order valence-corrected chi connectivity index (χ3v) is 7.79. The molecule has 1 amide bonds. The number of alkyl halides is 1. The number of aromatic nitrogens is 1. The van der Waals surface area contributed by atoms with Gasteiger partial charge >= 0.3 is 0 Å². The number of amides is 1. The third kappa shape index (κ3) is 5.88. The number of nitrogens with zero attached hydrogens (tertiary/aromatic N) is 2. The maximum atomic E-state index is 12.5. The molecule has 0 spiro atoms. The van der Waals surface area contributed by atoms with E-state index in [4.69, 9.17) is 33.7 Å². The second-order valence-corrected chi connectivity index (χ2v) is 10.7. The van der Waals surface area contributed by atoms with Crippen molar-refractivity contribution in [2.75, 3.05) is 26.3 Å². The number of carbonyl (C=O) groups excluding carboxylic acids is 1. The highest BCUT2D eigenvalue weighted by Crippen LogP contribution is 2.42. The Morgan fingerprint density at radius 1 is 1.11 bits per heavy atom. The fourth-order valence-corrected chi connectivity index (χ4v) is 5.95. The van der Waals surface area contributed by atoms with E-state index in [1.54, 1.807) is 12.1 Å². The van der Waals surface area contributed by atoms with Crippen LogP contribution in [0.2, 0.25) is 10.0 Å². The van der Waals surface area contributed by atoms with E-state index in [1.165, 1.54) is 0 Å². The zero-order valence-electron chi connectivity index (χ0n) is 21.1. The van der Waals surface area contributed by atoms with E-state index in [1.807, 2.05) is 42.6 Å². The van der Waals surface area contributed by atoms with Crippen LogP contribution in [0.3, 0.4) is 0 Å². The van der Waals surface area contributed by atoms with Crippen LogP contribution >= 0.6 is 23.2 Å². The third-order valence-electron chi connectivity index (χ3n) is 7.24. The van der Waals surface area contributed by atoms with Gasteiger partial charge in [-0.1, -0.05) is 35.3 Å². The van der Waals surface area contributed by atoms with Crippen LogP contribution in [-0.2, 0) is 6.42 Å². The smallest absolute Gasteiger partial charge is 0.248 e. The van der Waals surface area contributed by atoms with E-state index in [0.717, 1.165) is 78.7 Å². The predicted octanol–water partition coefficient (Wildman–Crippen LogP) is 6.60. The van der Waals surface area contributed by atoms with Crippen molar-refractivity contribution in [1.82, 2.24) is 9.88 Å². The minimum atomic E-state index is -0.443. The van der Waals surface area contributed by atoms with Crippen LogP contribution in [0.4, 0.5) is 4.39 Å². The van der Waals surface area contributed by atoms with Crippen molar-refractivity contribution >= 4 is 40.3 Å². The lowest BCUT2D eigenvalue weighted by molar-refractivity contribution is 0.1000. The van der Waals surface area contributed by atoms with Crippen LogP contribution < -0.4 is 10.5 Å². The van der Waals surface area contributed by atoms with Crippen molar-refractivity contribution in [1.29, 1.82) is 0 Å². The Bertz CT molecular complexity index is 1360. The Balaban J connectivity index is 1.51. The molecule has 1 aliphatic heterocycles. The number of fused-ring (bicyclic) bond motifs is 1. The number of hydrogen-bond donors (Lipinski definition) is 1. The number of ether oxygens (including phenoxy) is 1. The average Bonchev–Trinajstić information content (AvgIpc) is 3.26. The largest absolute Gasteiger partial charge is 0.473 e. The van der Waals surface area contributed by atoms with Gasteiger partial charge in [0.25, 0.3) is 0 Å². The lowest BCUT2D eigenvalue weighted by Crippen LogP contribution is -2.26. The predicted molar refractivity (Wildman–Crippen MR) is 151 cm³/mol. The van der Waals surface area contributed by atoms with E-state index in [-0.39, 0.29) is 12.8 Å². The Kier molecular flexibility index (Phi) is 8.32. The molecular weight excluding hydrogens is 524 g/mol. The van der Waals surface area contributed by atoms with Crippen molar-refractivity contribution in [2.24, 2.45) is 5.73 Å². The van der Waals surface area contributed by atoms with E-state index < -0.39 is 5.91 Å². The number of carbonyl (C=O) groups is 1. The summed E-state index contributed by atoms with van der Waals surface area (Å²) in [6.45, 7) is 2.15. The Labute approximate surface area is 232 Å². The molecule has 1 unspecified atom stereocenters. The molecule has 5 nitrogen and oxygen atoms in total. The maximum absolute atomic E-state index is 12.5. The number of primary amides is 1. The molecule has 198 valence electrons. The van der Waals surface area contributed by atoms with Gasteiger partial charge in [-0.25, -0.2) is 4.98 Å². The Morgan fingerprint density at radius 2 is 1.95 bits per heavy atom. The summed E-state index contributed by atoms with van der Waals surface area (Å²) in [6, 6.07) is 15.1. The molecule has 1 aromatic heterocycles. The number of halogens is 3. The minimum absolute atomic E-state index is 0.0430. The maximum Gasteiger partial charge on any atom is 0.248 e. The summed E-state index contributed by atoms with van der Waals surface area (Å²) in [7, 11) is 0. The summed E-state index contributed by atoms with van der Waals surface area (Å²) in [5.74, 6) is 0.123. The molecule has 1 saturated heterocycles. The number of hydrogen-bond acceptors (Lipinski definition) is 4. The Morgan fingerprint density at radius 3 is 2.68 bits per heavy atom. The molecule has 38 heavy (non-hydrogen) atoms. The van der Waals surface area contributed by atoms with Gasteiger partial charge in [0.15, 0.2) is 0 Å². The van der Waals surface area contributed by atoms with Gasteiger partial charge in [0.2, 0.25) is 11.8 Å². The molecule has 8 heteroatoms. The molecule has 2 aromatic carbocycles. The second-order valence-electron chi connectivity index (χ2n) is 9.82. The van der Waals surface area contributed by atoms with Gasteiger partial charge in [0, 0.05) is 53.1 Å². The summed E-state index contributed by atoms with van der Waals surface area (Å²) < 4.78 is 18.7. The first kappa shape index (κ1) is 26.7. The van der Waals surface area contributed by atoms with Crippen LogP contribution in [0.1, 0.15) is 58.3 Å². The van der Waals surface area contributed by atoms with Crippen LogP contribution in [-0.4, -0.2) is 48.2 Å². The first-order valence-corrected chi connectivity index (χ1v) is 13.7. The fourth-order valence-electron chi connectivity index (χ4n) is 5.42. The molecule has 0 radical (unpaired) electrons. The number of likely N-dealkylation sites (tertiary alicyclic amines) is 1. The monoisotopic (exact) mass is 553 g/mol. The molecular formula is C30H30Cl2FN3O2. The van der Waals surface area contributed by atoms with Gasteiger partial charge in [-0.15, -0.1) is 0 Å². The van der Waals surface area contributed by atoms with Gasteiger partial charge in [-0.05, 0) is 90.3 Å². The SMILES string of the molecule is NC(=O)c1ccc2c(c1)CCCC(c1ccc(Cl)cc1Cl)=C2c1ccc(OC2CCN(CCCF)C2)nc1. The molecule has 3 aromatic rings. The number of benzene rings is 2. The summed E-state index contributed by atoms with van der Waals surface area (Å²) in [6.07, 6.45) is 5.83. The topological polar surface area (TPSA) is 68.5 Å². The number of nitrogens with two attached hydrogens (primary N) is 1. The fraction of sp³-hybridized carbons (Fsp3) is 0.333. The first-order chi connectivity index (χ1) is 18.4. The van der Waals surface area contributed by atoms with Gasteiger partial charge in [0.05, 0.1) is 6.67 Å². The molecule has 2 N–H and O–H groups in total. The van der Waals surface area contributed by atoms with Gasteiger partial charge in [-0.2, -0.15) is 0 Å². The van der Waals surface area contributed by atoms with Crippen LogP contribution in [0.25, 0.3) is 11.1 Å². The van der Waals surface area contributed by atoms with E-state index in [0.29, 0.717) is 27.9 Å². The molecule has 0 saturated carbocycles. The second kappa shape index (κ2) is 11.9. The minimum Gasteiger partial charge on any atom is -0.473 e. The van der Waals surface area contributed by atoms with Gasteiger partial charge in [0.1, 0.15) is 6.10 Å². The van der Waals surface area contributed by atoms with E-state index in [2.05, 4.69) is 9.88 Å². The van der Waals surface area contributed by atoms with Crippen molar-refractivity contribution in [2.45, 2.75) is 38.2 Å². The highest BCUT2D eigenvalue weighted by Gasteiger charge is 2.25. The van der Waals surface area contributed by atoms with Crippen LogP contribution in [0, 0.1) is 0 Å². The van der Waals surface area contributed by atoms with Crippen LogP contribution in [0.5, 0.6) is 5.88 Å². The van der Waals surface area contributed by atoms with Gasteiger partial charge < -0.3 is 10.5 Å². The van der Waals surface area contributed by atoms with E-state index in [9.17, 15) is 9.18 Å². The molecule has 5 rings (SSSR count). The lowest BCUT2D eigenvalue weighted by atomic mass is 9.88. The highest BCUT2D eigenvalue weighted by molar-refractivity contribution is 6.36. The van der Waals surface area contributed by atoms with Crippen molar-refractivity contribution in [3.8, 4) is 5.88 Å². The number of pyridine rings is 1. The quantitative estimate of drug-likeness (QED) is 0.341. The summed E-state index contributed by atoms with van der Waals surface area (Å²) >= 11 is 12.9. The normalized spacial score (nSPS) is 17.8. The van der Waals surface area contributed by atoms with Crippen LogP contribution in [0.15, 0.2) is 54.7 Å². The van der Waals surface area contributed by atoms with Crippen molar-refractivity contribution < 1.29 is 13.9 Å². The first-order valence-electron chi connectivity index (χ1n) is 13.0. The van der Waals surface area contributed by atoms with Crippen molar-refractivity contribution in [3.05, 3.63) is 92.6 Å². The molecule has 0 bridgehead atoms. The number of allylic oxidation sites excluding steroid dienone is 1. The Hall–Kier alpha value is -2.93. The number of aryl methyl sites for hydroxylation is 1. The molecule has 2 aliphatic rings.